The summed E-state index contributed by atoms with van der Waals surface area (Å²) in [6, 6.07) is 13.0. The summed E-state index contributed by atoms with van der Waals surface area (Å²) in [5.41, 5.74) is -6.74. The van der Waals surface area contributed by atoms with E-state index in [1.54, 1.807) is 0 Å². The second-order valence-electron chi connectivity index (χ2n) is 16.0. The molecule has 0 bridgehead atoms. The summed E-state index contributed by atoms with van der Waals surface area (Å²) in [4.78, 5) is 3.54. The molecule has 0 amide bonds. The van der Waals surface area contributed by atoms with Gasteiger partial charge >= 0.3 is 0 Å². The SMILES string of the molecule is CC(C)(C)P(c1c(F)c(F)c([B-](F)(c2c(F)c(F)c(F)c(F)c2F)c2c(F)c(F)c(F)c(F)c2F)c(F)c1F)C(C)(C)C.CN(C)c1cccc2cccc([NH+](C)C)c12. The van der Waals surface area contributed by atoms with Gasteiger partial charge in [0.1, 0.15) is 40.6 Å². The third kappa shape index (κ3) is 7.98. The highest BCUT2D eigenvalue weighted by atomic mass is 31.1. The largest absolute Gasteiger partial charge is 0.498 e. The van der Waals surface area contributed by atoms with E-state index in [1.807, 2.05) is 0 Å². The first-order valence-corrected chi connectivity index (χ1v) is 18.8. The average molecular weight is 873 g/mol. The Balaban J connectivity index is 0.000000398. The molecule has 5 rings (SSSR count). The van der Waals surface area contributed by atoms with E-state index >= 15 is 21.9 Å². The molecule has 0 radical (unpaired) electrons. The van der Waals surface area contributed by atoms with E-state index in [-0.39, 0.29) is 0 Å². The van der Waals surface area contributed by atoms with Crippen molar-refractivity contribution >= 4 is 58.2 Å². The molecule has 0 unspecified atom stereocenters. The number of rotatable bonds is 6. The van der Waals surface area contributed by atoms with Crippen LogP contribution in [0.25, 0.3) is 10.8 Å². The molecule has 0 aliphatic rings. The van der Waals surface area contributed by atoms with Crippen LogP contribution in [-0.4, -0.2) is 44.9 Å². The lowest BCUT2D eigenvalue weighted by molar-refractivity contribution is -0.785. The Hall–Kier alpha value is -4.44. The van der Waals surface area contributed by atoms with E-state index < -0.39 is 128 Å². The van der Waals surface area contributed by atoms with E-state index in [0.29, 0.717) is 0 Å². The minimum atomic E-state index is -6.82. The number of nitrogens with zero attached hydrogens (tertiary/aromatic N) is 1. The van der Waals surface area contributed by atoms with Gasteiger partial charge in [0, 0.05) is 14.1 Å². The maximum absolute atomic E-state index is 17.1. The molecule has 0 spiro atoms. The summed E-state index contributed by atoms with van der Waals surface area (Å²) in [6.45, 7) is 8.25. The first-order chi connectivity index (χ1) is 27.0. The summed E-state index contributed by atoms with van der Waals surface area (Å²) in [5, 5.41) is -1.16. The minimum Gasteiger partial charge on any atom is -0.498 e. The second-order valence-corrected chi connectivity index (χ2v) is 19.8. The molecule has 0 heterocycles. The quantitative estimate of drug-likeness (QED) is 0.0590. The number of benzene rings is 5. The molecule has 0 fully saturated rings. The Morgan fingerprint density at radius 3 is 1.08 bits per heavy atom. The molecule has 0 aliphatic heterocycles. The van der Waals surface area contributed by atoms with Gasteiger partial charge in [-0.3, -0.25) is 0 Å². The van der Waals surface area contributed by atoms with Gasteiger partial charge in [-0.2, -0.15) is 0 Å². The van der Waals surface area contributed by atoms with Crippen molar-refractivity contribution in [2.45, 2.75) is 51.9 Å². The van der Waals surface area contributed by atoms with Crippen LogP contribution < -0.4 is 31.5 Å². The third-order valence-electron chi connectivity index (χ3n) is 9.42. The van der Waals surface area contributed by atoms with Gasteiger partial charge in [0.15, 0.2) is 46.5 Å². The highest BCUT2D eigenvalue weighted by Gasteiger charge is 2.50. The van der Waals surface area contributed by atoms with Crippen molar-refractivity contribution in [1.29, 1.82) is 0 Å². The smallest absolute Gasteiger partial charge is 0.251 e. The summed E-state index contributed by atoms with van der Waals surface area (Å²) in [7, 11) is 6.12. The van der Waals surface area contributed by atoms with Crippen LogP contribution in [0.2, 0.25) is 0 Å². The maximum atomic E-state index is 17.1. The van der Waals surface area contributed by atoms with Gasteiger partial charge in [-0.1, -0.05) is 90.1 Å². The number of hydrogen-bond acceptors (Lipinski definition) is 1. The molecule has 1 N–H and O–H groups in total. The van der Waals surface area contributed by atoms with E-state index in [0.717, 1.165) is 0 Å². The highest BCUT2D eigenvalue weighted by molar-refractivity contribution is 7.68. The normalized spacial score (nSPS) is 12.5. The molecule has 0 saturated heterocycles. The first kappa shape index (κ1) is 47.2. The average Bonchev–Trinajstić information content (AvgIpc) is 3.14. The van der Waals surface area contributed by atoms with Crippen LogP contribution in [0, 0.1) is 81.4 Å². The molecule has 0 aromatic heterocycles. The molecular formula is C40H37BF15N2P. The lowest BCUT2D eigenvalue weighted by Crippen LogP contribution is -3.00. The molecular weight excluding hydrogens is 835 g/mol. The van der Waals surface area contributed by atoms with E-state index in [1.165, 1.54) is 68.6 Å². The van der Waals surface area contributed by atoms with Gasteiger partial charge in [0.05, 0.1) is 30.5 Å². The van der Waals surface area contributed by atoms with Crippen molar-refractivity contribution < 1.29 is 70.7 Å². The number of halogens is 15. The zero-order chi connectivity index (χ0) is 45.2. The molecule has 59 heavy (non-hydrogen) atoms. The number of hydrogen-bond donors (Lipinski definition) is 1. The van der Waals surface area contributed by atoms with Crippen LogP contribution in [0.3, 0.4) is 0 Å². The number of nitrogens with one attached hydrogen (secondary N) is 1. The van der Waals surface area contributed by atoms with Crippen molar-refractivity contribution in [2.75, 3.05) is 33.1 Å². The van der Waals surface area contributed by atoms with Crippen molar-refractivity contribution in [3.63, 3.8) is 0 Å². The van der Waals surface area contributed by atoms with E-state index in [2.05, 4.69) is 69.5 Å². The van der Waals surface area contributed by atoms with Gasteiger partial charge in [0.25, 0.3) is 6.42 Å². The van der Waals surface area contributed by atoms with Crippen LogP contribution >= 0.6 is 7.92 Å². The maximum Gasteiger partial charge on any atom is 0.251 e. The number of quaternary nitrogens is 1. The lowest BCUT2D eigenvalue weighted by atomic mass is 9.30. The van der Waals surface area contributed by atoms with Crippen LogP contribution in [0.1, 0.15) is 41.5 Å². The van der Waals surface area contributed by atoms with Gasteiger partial charge in [-0.15, -0.1) is 0 Å². The Kier molecular flexibility index (Phi) is 13.3. The molecule has 2 nitrogen and oxygen atoms in total. The molecule has 0 saturated carbocycles. The predicted octanol–water partition coefficient (Wildman–Crippen LogP) is 8.96. The first-order valence-electron chi connectivity index (χ1n) is 17.5. The van der Waals surface area contributed by atoms with Crippen LogP contribution in [-0.2, 0) is 0 Å². The van der Waals surface area contributed by atoms with Crippen molar-refractivity contribution in [2.24, 2.45) is 0 Å². The highest BCUT2D eigenvalue weighted by Crippen LogP contribution is 2.59. The molecule has 5 aromatic rings. The second kappa shape index (κ2) is 16.6. The Morgan fingerprint density at radius 2 is 0.780 bits per heavy atom. The third-order valence-corrected chi connectivity index (χ3v) is 12.9. The summed E-state index contributed by atoms with van der Waals surface area (Å²) in [5.74, 6) is -43.0. The molecule has 19 heteroatoms. The predicted molar refractivity (Wildman–Crippen MR) is 201 cm³/mol. The summed E-state index contributed by atoms with van der Waals surface area (Å²) >= 11 is 0. The summed E-state index contributed by atoms with van der Waals surface area (Å²) < 4.78 is 224. The summed E-state index contributed by atoms with van der Waals surface area (Å²) in [6.07, 6.45) is -6.82. The molecule has 320 valence electrons. The number of fused-ring (bicyclic) bond motifs is 1. The fraction of sp³-hybridized carbons (Fsp3) is 0.300. The Morgan fingerprint density at radius 1 is 0.475 bits per heavy atom. The van der Waals surface area contributed by atoms with Crippen molar-refractivity contribution in [3.05, 3.63) is 118 Å². The van der Waals surface area contributed by atoms with Gasteiger partial charge in [-0.25, -0.2) is 61.5 Å². The molecule has 0 aliphatic carbocycles. The molecule has 0 atom stereocenters. The lowest BCUT2D eigenvalue weighted by Gasteiger charge is -2.43. The van der Waals surface area contributed by atoms with E-state index in [9.17, 15) is 43.9 Å². The number of anilines is 1. The van der Waals surface area contributed by atoms with Crippen LogP contribution in [0.5, 0.6) is 0 Å². The topological polar surface area (TPSA) is 7.68 Å². The Labute approximate surface area is 331 Å². The van der Waals surface area contributed by atoms with E-state index in [4.69, 9.17) is 0 Å². The zero-order valence-electron chi connectivity index (χ0n) is 33.1. The van der Waals surface area contributed by atoms with Crippen LogP contribution in [0.4, 0.5) is 77.2 Å². The monoisotopic (exact) mass is 872 g/mol. The standard InChI is InChI=1S/C26H18BF15P.C14H18N2/c1-25(2,3)43(26(4,5)6)24-22(40)14(32)9(15(33)23(24)41)27(42,7-10(28)16(34)20(38)17(35)11(7)29)8-12(30)18(36)21(39)19(37)13(8)31;1-15(2)12-9-5-7-11-8-6-10-13(14(11)12)16(3)4/h1-6H3;5-10H,1-4H3/q-1;/p+1. The van der Waals surface area contributed by atoms with Gasteiger partial charge in [0.2, 0.25) is 0 Å². The Bertz CT molecular complexity index is 2250. The zero-order valence-corrected chi connectivity index (χ0v) is 34.0. The van der Waals surface area contributed by atoms with Crippen molar-refractivity contribution in [3.8, 4) is 0 Å². The minimum absolute atomic E-state index is 1.21. The fourth-order valence-electron chi connectivity index (χ4n) is 7.35. The van der Waals surface area contributed by atoms with Gasteiger partial charge in [-0.05, 0) is 27.8 Å². The van der Waals surface area contributed by atoms with Crippen LogP contribution in [0.15, 0.2) is 36.4 Å². The fourth-order valence-corrected chi connectivity index (χ4v) is 11.3. The molecule has 5 aromatic carbocycles. The van der Waals surface area contributed by atoms with Crippen molar-refractivity contribution in [1.82, 2.24) is 0 Å². The van der Waals surface area contributed by atoms with Gasteiger partial charge < -0.3 is 14.1 Å².